The number of rotatable bonds is 5. The number of morpholine rings is 1. The second-order valence-electron chi connectivity index (χ2n) is 5.02. The molecule has 1 aliphatic rings. The standard InChI is InChI=1S/C14H23N3O2S/c1-3-11(15)13(10-4-7-20-9-10)17-5-6-19-8-12(17)14(18)16-2/h4,7,9,11-13H,3,5-6,8,15H2,1-2H3,(H,16,18). The first-order valence-electron chi connectivity index (χ1n) is 7.01. The van der Waals surface area contributed by atoms with Crippen LogP contribution in [0.15, 0.2) is 16.8 Å². The minimum atomic E-state index is -0.267. The number of carbonyl (C=O) groups is 1. The summed E-state index contributed by atoms with van der Waals surface area (Å²) in [6.07, 6.45) is 0.873. The maximum Gasteiger partial charge on any atom is 0.239 e. The highest BCUT2D eigenvalue weighted by atomic mass is 32.1. The first-order valence-corrected chi connectivity index (χ1v) is 7.96. The molecule has 3 unspecified atom stereocenters. The van der Waals surface area contributed by atoms with E-state index in [-0.39, 0.29) is 24.0 Å². The summed E-state index contributed by atoms with van der Waals surface area (Å²) in [4.78, 5) is 14.3. The molecule has 0 radical (unpaired) electrons. The number of likely N-dealkylation sites (N-methyl/N-ethyl adjacent to an activating group) is 1. The molecule has 1 aromatic rings. The van der Waals surface area contributed by atoms with Crippen LogP contribution in [0.1, 0.15) is 24.9 Å². The number of amides is 1. The molecule has 1 aliphatic heterocycles. The van der Waals surface area contributed by atoms with Crippen LogP contribution in [0.25, 0.3) is 0 Å². The molecule has 3 N–H and O–H groups in total. The van der Waals surface area contributed by atoms with E-state index >= 15 is 0 Å². The van der Waals surface area contributed by atoms with Crippen molar-refractivity contribution in [3.8, 4) is 0 Å². The molecule has 1 fully saturated rings. The van der Waals surface area contributed by atoms with Gasteiger partial charge in [-0.25, -0.2) is 0 Å². The zero-order valence-corrected chi connectivity index (χ0v) is 12.9. The Kier molecular flexibility index (Phi) is 5.54. The second-order valence-corrected chi connectivity index (χ2v) is 5.80. The first kappa shape index (κ1) is 15.4. The molecule has 3 atom stereocenters. The Morgan fingerprint density at radius 1 is 1.70 bits per heavy atom. The maximum atomic E-state index is 12.1. The van der Waals surface area contributed by atoms with Crippen molar-refractivity contribution < 1.29 is 9.53 Å². The van der Waals surface area contributed by atoms with Crippen LogP contribution in [0.4, 0.5) is 0 Å². The fourth-order valence-electron chi connectivity index (χ4n) is 2.69. The summed E-state index contributed by atoms with van der Waals surface area (Å²) in [5.41, 5.74) is 7.53. The molecule has 1 saturated heterocycles. The van der Waals surface area contributed by atoms with E-state index in [1.165, 1.54) is 5.56 Å². The van der Waals surface area contributed by atoms with E-state index in [9.17, 15) is 4.79 Å². The van der Waals surface area contributed by atoms with Gasteiger partial charge in [0, 0.05) is 19.6 Å². The van der Waals surface area contributed by atoms with Gasteiger partial charge in [0.1, 0.15) is 6.04 Å². The Balaban J connectivity index is 2.28. The Morgan fingerprint density at radius 2 is 2.50 bits per heavy atom. The third kappa shape index (κ3) is 3.20. The van der Waals surface area contributed by atoms with Gasteiger partial charge in [-0.05, 0) is 28.8 Å². The summed E-state index contributed by atoms with van der Waals surface area (Å²) in [7, 11) is 1.66. The number of nitrogens with one attached hydrogen (secondary N) is 1. The highest BCUT2D eigenvalue weighted by Gasteiger charge is 2.36. The lowest BCUT2D eigenvalue weighted by Crippen LogP contribution is -2.57. The average molecular weight is 297 g/mol. The zero-order valence-electron chi connectivity index (χ0n) is 12.0. The van der Waals surface area contributed by atoms with Crippen molar-refractivity contribution in [2.45, 2.75) is 31.5 Å². The second kappa shape index (κ2) is 7.17. The van der Waals surface area contributed by atoms with E-state index in [4.69, 9.17) is 10.5 Å². The topological polar surface area (TPSA) is 67.6 Å². The first-order chi connectivity index (χ1) is 9.69. The molecular weight excluding hydrogens is 274 g/mol. The Bertz CT molecular complexity index is 424. The minimum Gasteiger partial charge on any atom is -0.378 e. The van der Waals surface area contributed by atoms with Crippen LogP contribution in [0.3, 0.4) is 0 Å². The monoisotopic (exact) mass is 297 g/mol. The van der Waals surface area contributed by atoms with E-state index < -0.39 is 0 Å². The van der Waals surface area contributed by atoms with Gasteiger partial charge in [0.15, 0.2) is 0 Å². The van der Waals surface area contributed by atoms with Crippen molar-refractivity contribution >= 4 is 17.2 Å². The highest BCUT2D eigenvalue weighted by Crippen LogP contribution is 2.30. The lowest BCUT2D eigenvalue weighted by Gasteiger charge is -2.42. The SMILES string of the molecule is CCC(N)C(c1ccsc1)N1CCOCC1C(=O)NC. The van der Waals surface area contributed by atoms with Crippen LogP contribution in [0, 0.1) is 0 Å². The summed E-state index contributed by atoms with van der Waals surface area (Å²) < 4.78 is 5.48. The van der Waals surface area contributed by atoms with E-state index in [0.717, 1.165) is 13.0 Å². The molecule has 20 heavy (non-hydrogen) atoms. The molecule has 6 heteroatoms. The van der Waals surface area contributed by atoms with Crippen molar-refractivity contribution in [3.05, 3.63) is 22.4 Å². The van der Waals surface area contributed by atoms with Crippen molar-refractivity contribution in [2.24, 2.45) is 5.73 Å². The molecule has 1 aromatic heterocycles. The normalized spacial score (nSPS) is 23.2. The molecule has 0 spiro atoms. The van der Waals surface area contributed by atoms with Crippen molar-refractivity contribution in [1.29, 1.82) is 0 Å². The third-order valence-corrected chi connectivity index (χ3v) is 4.54. The van der Waals surface area contributed by atoms with Gasteiger partial charge in [0.2, 0.25) is 5.91 Å². The van der Waals surface area contributed by atoms with Crippen LogP contribution in [-0.4, -0.2) is 49.7 Å². The van der Waals surface area contributed by atoms with Crippen molar-refractivity contribution in [1.82, 2.24) is 10.2 Å². The van der Waals surface area contributed by atoms with Gasteiger partial charge < -0.3 is 15.8 Å². The molecule has 0 saturated carbocycles. The summed E-state index contributed by atoms with van der Waals surface area (Å²) in [6.45, 7) is 3.88. The number of thiophene rings is 1. The predicted octanol–water partition coefficient (Wildman–Crippen LogP) is 0.973. The molecule has 0 aliphatic carbocycles. The van der Waals surface area contributed by atoms with Gasteiger partial charge in [-0.1, -0.05) is 6.92 Å². The van der Waals surface area contributed by atoms with E-state index in [0.29, 0.717) is 13.2 Å². The van der Waals surface area contributed by atoms with Crippen LogP contribution >= 0.6 is 11.3 Å². The lowest BCUT2D eigenvalue weighted by atomic mass is 9.96. The summed E-state index contributed by atoms with van der Waals surface area (Å²) in [5, 5.41) is 6.90. The molecule has 5 nitrogen and oxygen atoms in total. The summed E-state index contributed by atoms with van der Waals surface area (Å²) in [5.74, 6) is -0.00627. The zero-order chi connectivity index (χ0) is 14.5. The smallest absolute Gasteiger partial charge is 0.239 e. The Morgan fingerprint density at radius 3 is 3.10 bits per heavy atom. The number of hydrogen-bond donors (Lipinski definition) is 2. The Hall–Kier alpha value is -0.950. The van der Waals surface area contributed by atoms with Crippen LogP contribution in [0.2, 0.25) is 0 Å². The van der Waals surface area contributed by atoms with Crippen LogP contribution in [0.5, 0.6) is 0 Å². The maximum absolute atomic E-state index is 12.1. The van der Waals surface area contributed by atoms with Gasteiger partial charge in [-0.3, -0.25) is 9.69 Å². The fraction of sp³-hybridized carbons (Fsp3) is 0.643. The van der Waals surface area contributed by atoms with Crippen molar-refractivity contribution in [2.75, 3.05) is 26.8 Å². The highest BCUT2D eigenvalue weighted by molar-refractivity contribution is 7.07. The number of carbonyl (C=O) groups excluding carboxylic acids is 1. The number of nitrogens with two attached hydrogens (primary N) is 1. The molecule has 2 heterocycles. The Labute approximate surface area is 124 Å². The van der Waals surface area contributed by atoms with Gasteiger partial charge in [-0.2, -0.15) is 11.3 Å². The van der Waals surface area contributed by atoms with Gasteiger partial charge >= 0.3 is 0 Å². The summed E-state index contributed by atoms with van der Waals surface area (Å²) in [6, 6.07) is 1.91. The average Bonchev–Trinajstić information content (AvgIpc) is 3.01. The third-order valence-electron chi connectivity index (χ3n) is 3.84. The molecule has 0 bridgehead atoms. The number of ether oxygens (including phenoxy) is 1. The molecule has 0 aromatic carbocycles. The van der Waals surface area contributed by atoms with Gasteiger partial charge in [0.05, 0.1) is 19.3 Å². The molecule has 112 valence electrons. The van der Waals surface area contributed by atoms with E-state index in [1.54, 1.807) is 18.4 Å². The minimum absolute atomic E-state index is 0.00627. The predicted molar refractivity (Wildman–Crippen MR) is 80.7 cm³/mol. The lowest BCUT2D eigenvalue weighted by molar-refractivity contribution is -0.134. The van der Waals surface area contributed by atoms with Crippen LogP contribution in [-0.2, 0) is 9.53 Å². The van der Waals surface area contributed by atoms with E-state index in [1.807, 2.05) is 0 Å². The number of hydrogen-bond acceptors (Lipinski definition) is 5. The number of nitrogens with zero attached hydrogens (tertiary/aromatic N) is 1. The summed E-state index contributed by atoms with van der Waals surface area (Å²) >= 11 is 1.66. The van der Waals surface area contributed by atoms with E-state index in [2.05, 4.69) is 34.0 Å². The van der Waals surface area contributed by atoms with Crippen LogP contribution < -0.4 is 11.1 Å². The molecule has 2 rings (SSSR count). The fourth-order valence-corrected chi connectivity index (χ4v) is 3.38. The van der Waals surface area contributed by atoms with Gasteiger partial charge in [0.25, 0.3) is 0 Å². The quantitative estimate of drug-likeness (QED) is 0.850. The molecule has 1 amide bonds. The van der Waals surface area contributed by atoms with Gasteiger partial charge in [-0.15, -0.1) is 0 Å². The van der Waals surface area contributed by atoms with Crippen molar-refractivity contribution in [3.63, 3.8) is 0 Å². The largest absolute Gasteiger partial charge is 0.378 e. The molecular formula is C14H23N3O2S.